The second kappa shape index (κ2) is 8.65. The number of hydrogen-bond acceptors (Lipinski definition) is 7. The topological polar surface area (TPSA) is 139 Å². The first-order chi connectivity index (χ1) is 16.0. The molecule has 0 radical (unpaired) electrons. The minimum Gasteiger partial charge on any atom is -0.423 e. The summed E-state index contributed by atoms with van der Waals surface area (Å²) in [7, 11) is -1.51. The van der Waals surface area contributed by atoms with Gasteiger partial charge in [0.1, 0.15) is 5.82 Å². The monoisotopic (exact) mass is 442 g/mol. The average molecular weight is 442 g/mol. The zero-order valence-electron chi connectivity index (χ0n) is 17.9. The molecule has 0 atom stereocenters. The average Bonchev–Trinajstić information content (AvgIpc) is 3.26. The van der Waals surface area contributed by atoms with Gasteiger partial charge < -0.3 is 21.1 Å². The molecule has 0 bridgehead atoms. The first-order valence-electron chi connectivity index (χ1n) is 10.9. The van der Waals surface area contributed by atoms with Gasteiger partial charge in [-0.1, -0.05) is 24.3 Å². The molecule has 0 aliphatic heterocycles. The number of benzene rings is 1. The van der Waals surface area contributed by atoms with Crippen LogP contribution in [0, 0.1) is 0 Å². The van der Waals surface area contributed by atoms with E-state index in [4.69, 9.17) is 15.7 Å². The quantitative estimate of drug-likeness (QED) is 0.328. The molecular formula is C23H23BN6O3. The molecule has 33 heavy (non-hydrogen) atoms. The van der Waals surface area contributed by atoms with Crippen LogP contribution in [0.1, 0.15) is 40.0 Å². The van der Waals surface area contributed by atoms with Crippen molar-refractivity contribution in [3.8, 4) is 11.6 Å². The molecule has 0 fully saturated rings. The molecule has 5 N–H and O–H groups in total. The third-order valence-corrected chi connectivity index (χ3v) is 5.93. The molecule has 5 rings (SSSR count). The first-order valence-corrected chi connectivity index (χ1v) is 10.9. The number of anilines is 1. The summed E-state index contributed by atoms with van der Waals surface area (Å²) < 4.78 is 1.78. The number of amides is 1. The van der Waals surface area contributed by atoms with Gasteiger partial charge in [0.05, 0.1) is 17.3 Å². The summed E-state index contributed by atoms with van der Waals surface area (Å²) in [5.41, 5.74) is 9.95. The van der Waals surface area contributed by atoms with Gasteiger partial charge in [-0.3, -0.25) is 9.20 Å². The van der Waals surface area contributed by atoms with Crippen molar-refractivity contribution in [3.63, 3.8) is 0 Å². The van der Waals surface area contributed by atoms with Crippen LogP contribution in [-0.2, 0) is 19.4 Å². The summed E-state index contributed by atoms with van der Waals surface area (Å²) in [4.78, 5) is 25.9. The van der Waals surface area contributed by atoms with Crippen LogP contribution in [0.15, 0.2) is 48.8 Å². The van der Waals surface area contributed by atoms with E-state index in [2.05, 4.69) is 10.3 Å². The fourth-order valence-corrected chi connectivity index (χ4v) is 4.29. The Kier molecular flexibility index (Phi) is 5.53. The highest BCUT2D eigenvalue weighted by Gasteiger charge is 2.21. The summed E-state index contributed by atoms with van der Waals surface area (Å²) in [6, 6.07) is 10.5. The normalized spacial score (nSPS) is 13.0. The smallest absolute Gasteiger partial charge is 0.423 e. The molecule has 9 nitrogen and oxygen atoms in total. The third-order valence-electron chi connectivity index (χ3n) is 5.93. The molecule has 1 aliphatic rings. The lowest BCUT2D eigenvalue weighted by Crippen LogP contribution is -2.30. The van der Waals surface area contributed by atoms with Crippen molar-refractivity contribution in [1.29, 1.82) is 0 Å². The molecule has 166 valence electrons. The van der Waals surface area contributed by atoms with Crippen LogP contribution >= 0.6 is 0 Å². The summed E-state index contributed by atoms with van der Waals surface area (Å²) in [5.74, 6) is 1.23. The van der Waals surface area contributed by atoms with Crippen LogP contribution in [0.3, 0.4) is 0 Å². The maximum Gasteiger partial charge on any atom is 0.488 e. The van der Waals surface area contributed by atoms with Crippen molar-refractivity contribution in [1.82, 2.24) is 19.4 Å². The minimum atomic E-state index is -1.51. The Bertz CT molecular complexity index is 1350. The molecule has 0 saturated heterocycles. The van der Waals surface area contributed by atoms with Crippen LogP contribution in [-0.4, -0.2) is 42.4 Å². The Hall–Kier alpha value is -3.76. The zero-order chi connectivity index (χ0) is 22.9. The fraction of sp³-hybridized carbons (Fsp3) is 0.217. The molecule has 0 spiro atoms. The summed E-state index contributed by atoms with van der Waals surface area (Å²) in [5, 5.41) is 22.3. The van der Waals surface area contributed by atoms with Crippen LogP contribution in [0.25, 0.3) is 17.2 Å². The van der Waals surface area contributed by atoms with Crippen molar-refractivity contribution in [2.24, 2.45) is 5.73 Å². The van der Waals surface area contributed by atoms with Crippen molar-refractivity contribution in [3.05, 3.63) is 71.2 Å². The maximum atomic E-state index is 11.8. The van der Waals surface area contributed by atoms with Gasteiger partial charge in [0, 0.05) is 24.0 Å². The van der Waals surface area contributed by atoms with Crippen LogP contribution in [0.5, 0.6) is 0 Å². The van der Waals surface area contributed by atoms with E-state index in [9.17, 15) is 14.8 Å². The van der Waals surface area contributed by atoms with Gasteiger partial charge >= 0.3 is 7.12 Å². The van der Waals surface area contributed by atoms with E-state index in [0.717, 1.165) is 48.3 Å². The molecule has 3 heterocycles. The van der Waals surface area contributed by atoms with Crippen molar-refractivity contribution < 1.29 is 14.8 Å². The van der Waals surface area contributed by atoms with E-state index in [1.165, 1.54) is 0 Å². The van der Waals surface area contributed by atoms with E-state index in [-0.39, 0.29) is 0 Å². The van der Waals surface area contributed by atoms with Crippen LogP contribution < -0.4 is 16.5 Å². The Morgan fingerprint density at radius 2 is 2.00 bits per heavy atom. The van der Waals surface area contributed by atoms with Crippen molar-refractivity contribution >= 4 is 29.8 Å². The van der Waals surface area contributed by atoms with E-state index >= 15 is 0 Å². The van der Waals surface area contributed by atoms with Gasteiger partial charge in [-0.05, 0) is 48.8 Å². The molecule has 10 heteroatoms. The second-order valence-corrected chi connectivity index (χ2v) is 8.12. The lowest BCUT2D eigenvalue weighted by atomic mass is 9.79. The molecular weight excluding hydrogens is 419 g/mol. The van der Waals surface area contributed by atoms with Gasteiger partial charge in [0.25, 0.3) is 5.91 Å². The number of pyridine rings is 1. The Labute approximate surface area is 190 Å². The number of nitrogens with zero attached hydrogens (tertiary/aromatic N) is 4. The summed E-state index contributed by atoms with van der Waals surface area (Å²) in [6.45, 7) is 0.470. The lowest BCUT2D eigenvalue weighted by Gasteiger charge is -2.20. The van der Waals surface area contributed by atoms with Gasteiger partial charge in [0.2, 0.25) is 0 Å². The number of hydrogen-bond donors (Lipinski definition) is 4. The molecule has 0 saturated carbocycles. The van der Waals surface area contributed by atoms with Gasteiger partial charge in [0.15, 0.2) is 11.6 Å². The number of nitrogens with two attached hydrogens (primary N) is 1. The van der Waals surface area contributed by atoms with Crippen molar-refractivity contribution in [2.45, 2.75) is 32.2 Å². The predicted molar refractivity (Wildman–Crippen MR) is 125 cm³/mol. The Balaban J connectivity index is 1.54. The number of nitrogens with one attached hydrogen (secondary N) is 1. The Morgan fingerprint density at radius 1 is 1.15 bits per heavy atom. The van der Waals surface area contributed by atoms with Gasteiger partial charge in [-0.2, -0.15) is 0 Å². The third kappa shape index (κ3) is 4.06. The number of carbonyl (C=O) groups excluding carboxylic acids is 1. The summed E-state index contributed by atoms with van der Waals surface area (Å²) >= 11 is 0. The number of primary amides is 1. The first kappa shape index (κ1) is 21.1. The highest BCUT2D eigenvalue weighted by molar-refractivity contribution is 6.58. The maximum absolute atomic E-state index is 11.8. The SMILES string of the molecule is NC(=O)c1cccn2c(-c3nc4c(c(NCc5cccc(B(O)O)c5)n3)CCCC4)ncc12. The van der Waals surface area contributed by atoms with E-state index < -0.39 is 13.0 Å². The fourth-order valence-electron chi connectivity index (χ4n) is 4.29. The number of rotatable bonds is 6. The predicted octanol–water partition coefficient (Wildman–Crippen LogP) is 1.06. The van der Waals surface area contributed by atoms with E-state index in [0.29, 0.717) is 34.7 Å². The molecule has 0 unspecified atom stereocenters. The molecule has 1 aromatic carbocycles. The molecule has 4 aromatic rings. The Morgan fingerprint density at radius 3 is 2.82 bits per heavy atom. The second-order valence-electron chi connectivity index (χ2n) is 8.12. The highest BCUT2D eigenvalue weighted by atomic mass is 16.4. The number of fused-ring (bicyclic) bond motifs is 2. The number of aryl methyl sites for hydroxylation is 1. The molecule has 1 amide bonds. The lowest BCUT2D eigenvalue weighted by molar-refractivity contribution is 0.100. The highest BCUT2D eigenvalue weighted by Crippen LogP contribution is 2.29. The van der Waals surface area contributed by atoms with Gasteiger partial charge in [-0.15, -0.1) is 0 Å². The minimum absolute atomic E-state index is 0.388. The molecule has 1 aliphatic carbocycles. The number of imidazole rings is 1. The van der Waals surface area contributed by atoms with Crippen LogP contribution in [0.4, 0.5) is 5.82 Å². The van der Waals surface area contributed by atoms with Crippen molar-refractivity contribution in [2.75, 3.05) is 5.32 Å². The van der Waals surface area contributed by atoms with Crippen LogP contribution in [0.2, 0.25) is 0 Å². The number of carbonyl (C=O) groups is 1. The standard InChI is InChI=1S/C23H23BN6O3/c25-20(31)17-8-4-10-30-19(17)13-27-23(30)22-28-18-9-2-1-7-16(18)21(29-22)26-12-14-5-3-6-15(11-14)24(32)33/h3-6,8,10-11,13,32-33H,1-2,7,9,12H2,(H2,25,31)(H,26,28,29). The zero-order valence-corrected chi connectivity index (χ0v) is 17.9. The largest absolute Gasteiger partial charge is 0.488 e. The molecule has 3 aromatic heterocycles. The number of aromatic nitrogens is 4. The van der Waals surface area contributed by atoms with E-state index in [1.54, 1.807) is 40.9 Å². The van der Waals surface area contributed by atoms with Gasteiger partial charge in [-0.25, -0.2) is 15.0 Å². The summed E-state index contributed by atoms with van der Waals surface area (Å²) in [6.07, 6.45) is 7.31. The van der Waals surface area contributed by atoms with E-state index in [1.807, 2.05) is 12.3 Å².